The minimum Gasteiger partial charge on any atom is -0.396 e. The van der Waals surface area contributed by atoms with Crippen molar-refractivity contribution in [2.24, 2.45) is 5.92 Å². The lowest BCUT2D eigenvalue weighted by Crippen LogP contribution is -2.39. The van der Waals surface area contributed by atoms with Gasteiger partial charge in [-0.05, 0) is 56.6 Å². The molecule has 1 aromatic heterocycles. The lowest BCUT2D eigenvalue weighted by molar-refractivity contribution is -0.132. The number of carbonyl (C=O) groups is 1. The number of benzene rings is 1. The van der Waals surface area contributed by atoms with Crippen LogP contribution >= 0.6 is 11.3 Å². The van der Waals surface area contributed by atoms with E-state index < -0.39 is 0 Å². The topological polar surface area (TPSA) is 53.4 Å². The van der Waals surface area contributed by atoms with Crippen LogP contribution in [0.5, 0.6) is 0 Å². The molecule has 0 saturated heterocycles. The molecule has 1 N–H and O–H groups in total. The van der Waals surface area contributed by atoms with Crippen molar-refractivity contribution in [2.75, 3.05) is 13.7 Å². The van der Waals surface area contributed by atoms with Crippen LogP contribution in [0, 0.1) is 5.92 Å². The number of aryl methyl sites for hydroxylation is 1. The van der Waals surface area contributed by atoms with Crippen molar-refractivity contribution >= 4 is 27.5 Å². The van der Waals surface area contributed by atoms with Gasteiger partial charge in [0.25, 0.3) is 0 Å². The molecule has 1 aromatic carbocycles. The Kier molecular flexibility index (Phi) is 5.85. The van der Waals surface area contributed by atoms with Crippen LogP contribution in [0.25, 0.3) is 10.2 Å². The summed E-state index contributed by atoms with van der Waals surface area (Å²) >= 11 is 1.73. The first kappa shape index (κ1) is 17.4. The fourth-order valence-corrected chi connectivity index (χ4v) is 4.52. The number of carbonyl (C=O) groups excluding carboxylic acids is 1. The SMILES string of the molecule is CN(C(=O)CCCc1nc2ccccc2s1)C1CCC(CO)CC1. The molecular formula is C19H26N2O2S. The van der Waals surface area contributed by atoms with E-state index in [0.29, 0.717) is 18.4 Å². The smallest absolute Gasteiger partial charge is 0.222 e. The second kappa shape index (κ2) is 8.08. The third-order valence-electron chi connectivity index (χ3n) is 5.14. The van der Waals surface area contributed by atoms with E-state index in [1.54, 1.807) is 11.3 Å². The molecule has 0 unspecified atom stereocenters. The average Bonchev–Trinajstić information content (AvgIpc) is 3.03. The van der Waals surface area contributed by atoms with Crippen LogP contribution in [-0.4, -0.2) is 40.6 Å². The zero-order valence-corrected chi connectivity index (χ0v) is 15.1. The van der Waals surface area contributed by atoms with Crippen LogP contribution in [0.1, 0.15) is 43.5 Å². The van der Waals surface area contributed by atoms with Crippen molar-refractivity contribution in [2.45, 2.75) is 51.0 Å². The summed E-state index contributed by atoms with van der Waals surface area (Å²) in [4.78, 5) is 19.0. The van der Waals surface area contributed by atoms with Crippen LogP contribution in [0.3, 0.4) is 0 Å². The van der Waals surface area contributed by atoms with Gasteiger partial charge < -0.3 is 10.0 Å². The van der Waals surface area contributed by atoms with Crippen molar-refractivity contribution in [1.82, 2.24) is 9.88 Å². The van der Waals surface area contributed by atoms with E-state index in [0.717, 1.165) is 49.0 Å². The minimum absolute atomic E-state index is 0.239. The number of amides is 1. The Bertz CT molecular complexity index is 644. The Morgan fingerprint density at radius 1 is 1.29 bits per heavy atom. The number of hydrogen-bond donors (Lipinski definition) is 1. The van der Waals surface area contributed by atoms with Crippen molar-refractivity contribution in [3.05, 3.63) is 29.3 Å². The summed E-state index contributed by atoms with van der Waals surface area (Å²) in [5.41, 5.74) is 1.06. The van der Waals surface area contributed by atoms with Gasteiger partial charge in [0.2, 0.25) is 5.91 Å². The third-order valence-corrected chi connectivity index (χ3v) is 6.23. The molecule has 1 amide bonds. The number of aromatic nitrogens is 1. The molecule has 1 aliphatic rings. The van der Waals surface area contributed by atoms with Gasteiger partial charge in [-0.1, -0.05) is 12.1 Å². The molecule has 0 atom stereocenters. The van der Waals surface area contributed by atoms with Gasteiger partial charge in [-0.3, -0.25) is 4.79 Å². The fourth-order valence-electron chi connectivity index (χ4n) is 3.51. The second-order valence-electron chi connectivity index (χ2n) is 6.79. The maximum atomic E-state index is 12.4. The lowest BCUT2D eigenvalue weighted by atomic mass is 9.86. The van der Waals surface area contributed by atoms with Gasteiger partial charge in [-0.15, -0.1) is 11.3 Å². The average molecular weight is 346 g/mol. The molecule has 0 bridgehead atoms. The maximum Gasteiger partial charge on any atom is 0.222 e. The van der Waals surface area contributed by atoms with E-state index in [9.17, 15) is 9.90 Å². The fraction of sp³-hybridized carbons (Fsp3) is 0.579. The van der Waals surface area contributed by atoms with E-state index in [-0.39, 0.29) is 12.5 Å². The largest absolute Gasteiger partial charge is 0.396 e. The molecule has 130 valence electrons. The summed E-state index contributed by atoms with van der Waals surface area (Å²) in [6, 6.07) is 8.53. The Morgan fingerprint density at radius 3 is 2.75 bits per heavy atom. The Morgan fingerprint density at radius 2 is 2.04 bits per heavy atom. The summed E-state index contributed by atoms with van der Waals surface area (Å²) in [5, 5.41) is 10.3. The molecule has 1 heterocycles. The normalized spacial score (nSPS) is 21.1. The maximum absolute atomic E-state index is 12.4. The first-order valence-corrected chi connectivity index (χ1v) is 9.70. The lowest BCUT2D eigenvalue weighted by Gasteiger charge is -2.34. The Hall–Kier alpha value is -1.46. The highest BCUT2D eigenvalue weighted by atomic mass is 32.1. The summed E-state index contributed by atoms with van der Waals surface area (Å²) in [5.74, 6) is 0.673. The van der Waals surface area contributed by atoms with Crippen LogP contribution in [0.15, 0.2) is 24.3 Å². The second-order valence-corrected chi connectivity index (χ2v) is 7.91. The third kappa shape index (κ3) is 4.14. The minimum atomic E-state index is 0.239. The van der Waals surface area contributed by atoms with Gasteiger partial charge in [-0.2, -0.15) is 0 Å². The molecule has 4 nitrogen and oxygen atoms in total. The summed E-state index contributed by atoms with van der Waals surface area (Å²) < 4.78 is 1.22. The van der Waals surface area contributed by atoms with Crippen molar-refractivity contribution in [1.29, 1.82) is 0 Å². The molecular weight excluding hydrogens is 320 g/mol. The van der Waals surface area contributed by atoms with Crippen molar-refractivity contribution in [3.8, 4) is 0 Å². The van der Waals surface area contributed by atoms with Crippen LogP contribution in [-0.2, 0) is 11.2 Å². The van der Waals surface area contributed by atoms with Crippen molar-refractivity contribution < 1.29 is 9.90 Å². The van der Waals surface area contributed by atoms with Gasteiger partial charge in [0.15, 0.2) is 0 Å². The van der Waals surface area contributed by atoms with E-state index >= 15 is 0 Å². The molecule has 24 heavy (non-hydrogen) atoms. The summed E-state index contributed by atoms with van der Waals surface area (Å²) in [7, 11) is 1.93. The predicted octanol–water partition coefficient (Wildman–Crippen LogP) is 3.63. The van der Waals surface area contributed by atoms with Gasteiger partial charge in [0, 0.05) is 26.1 Å². The van der Waals surface area contributed by atoms with Gasteiger partial charge in [0.1, 0.15) is 0 Å². The first-order chi connectivity index (χ1) is 11.7. The first-order valence-electron chi connectivity index (χ1n) is 8.88. The van der Waals surface area contributed by atoms with Gasteiger partial charge in [0.05, 0.1) is 15.2 Å². The summed E-state index contributed by atoms with van der Waals surface area (Å²) in [6.07, 6.45) is 6.42. The molecule has 5 heteroatoms. The summed E-state index contributed by atoms with van der Waals surface area (Å²) in [6.45, 7) is 0.284. The highest BCUT2D eigenvalue weighted by Gasteiger charge is 2.25. The Labute approximate surface area is 147 Å². The number of aliphatic hydroxyl groups is 1. The number of para-hydroxylation sites is 1. The van der Waals surface area contributed by atoms with Crippen LogP contribution in [0.4, 0.5) is 0 Å². The zero-order chi connectivity index (χ0) is 16.9. The number of nitrogens with zero attached hydrogens (tertiary/aromatic N) is 2. The molecule has 1 aliphatic carbocycles. The quantitative estimate of drug-likeness (QED) is 0.869. The highest BCUT2D eigenvalue weighted by Crippen LogP contribution is 2.27. The van der Waals surface area contributed by atoms with Crippen molar-refractivity contribution in [3.63, 3.8) is 0 Å². The number of aliphatic hydroxyl groups excluding tert-OH is 1. The molecule has 1 fully saturated rings. The molecule has 1 saturated carbocycles. The predicted molar refractivity (Wildman–Crippen MR) is 98.2 cm³/mol. The van der Waals surface area contributed by atoms with Crippen LogP contribution < -0.4 is 0 Å². The number of fused-ring (bicyclic) bond motifs is 1. The van der Waals surface area contributed by atoms with E-state index in [1.807, 2.05) is 30.1 Å². The van der Waals surface area contributed by atoms with Gasteiger partial charge in [-0.25, -0.2) is 4.98 Å². The molecule has 0 spiro atoms. The number of hydrogen-bond acceptors (Lipinski definition) is 4. The Balaban J connectivity index is 1.45. The standard InChI is InChI=1S/C19H26N2O2S/c1-21(15-11-9-14(13-22)10-12-15)19(23)8-4-7-18-20-16-5-2-3-6-17(16)24-18/h2-3,5-6,14-15,22H,4,7-13H2,1H3. The van der Waals surface area contributed by atoms with Crippen LogP contribution in [0.2, 0.25) is 0 Å². The van der Waals surface area contributed by atoms with E-state index in [2.05, 4.69) is 11.1 Å². The van der Waals surface area contributed by atoms with E-state index in [1.165, 1.54) is 4.70 Å². The number of thiazole rings is 1. The van der Waals surface area contributed by atoms with E-state index in [4.69, 9.17) is 0 Å². The molecule has 3 rings (SSSR count). The number of rotatable bonds is 6. The van der Waals surface area contributed by atoms with Gasteiger partial charge >= 0.3 is 0 Å². The highest BCUT2D eigenvalue weighted by molar-refractivity contribution is 7.18. The molecule has 0 radical (unpaired) electrons. The molecule has 2 aromatic rings. The zero-order valence-electron chi connectivity index (χ0n) is 14.3. The molecule has 0 aliphatic heterocycles. The monoisotopic (exact) mass is 346 g/mol.